The fraction of sp³-hybridized carbons (Fsp3) is 1.00. The van der Waals surface area contributed by atoms with Gasteiger partial charge >= 0.3 is 0 Å². The SMILES string of the molecule is CO[C@H]1C[C@H]([C@@H](C)OC)OC1O. The van der Waals surface area contributed by atoms with E-state index in [9.17, 15) is 5.11 Å². The molecular weight excluding hydrogens is 160 g/mol. The zero-order valence-electron chi connectivity index (χ0n) is 7.69. The van der Waals surface area contributed by atoms with Crippen LogP contribution in [0.5, 0.6) is 0 Å². The lowest BCUT2D eigenvalue weighted by molar-refractivity contribution is -0.151. The van der Waals surface area contributed by atoms with Crippen LogP contribution >= 0.6 is 0 Å². The molecule has 0 radical (unpaired) electrons. The molecule has 0 aromatic carbocycles. The molecule has 1 N–H and O–H groups in total. The average Bonchev–Trinajstić information content (AvgIpc) is 2.45. The number of rotatable bonds is 3. The van der Waals surface area contributed by atoms with E-state index in [1.807, 2.05) is 6.92 Å². The van der Waals surface area contributed by atoms with E-state index in [1.54, 1.807) is 14.2 Å². The topological polar surface area (TPSA) is 47.9 Å². The largest absolute Gasteiger partial charge is 0.379 e. The van der Waals surface area contributed by atoms with E-state index in [1.165, 1.54) is 0 Å². The summed E-state index contributed by atoms with van der Waals surface area (Å²) in [6.45, 7) is 1.91. The van der Waals surface area contributed by atoms with Gasteiger partial charge in [0.1, 0.15) is 6.10 Å². The molecule has 1 saturated heterocycles. The monoisotopic (exact) mass is 176 g/mol. The van der Waals surface area contributed by atoms with Crippen molar-refractivity contribution in [1.29, 1.82) is 0 Å². The molecule has 0 bridgehead atoms. The minimum absolute atomic E-state index is 0.000185. The molecular formula is C8H16O4. The molecule has 1 unspecified atom stereocenters. The molecule has 4 heteroatoms. The van der Waals surface area contributed by atoms with Crippen LogP contribution < -0.4 is 0 Å². The molecule has 0 aliphatic carbocycles. The summed E-state index contributed by atoms with van der Waals surface area (Å²) in [6, 6.07) is 0. The van der Waals surface area contributed by atoms with Crippen molar-refractivity contribution < 1.29 is 19.3 Å². The summed E-state index contributed by atoms with van der Waals surface area (Å²) in [5.74, 6) is 0. The van der Waals surface area contributed by atoms with Crippen LogP contribution in [0.4, 0.5) is 0 Å². The highest BCUT2D eigenvalue weighted by Gasteiger charge is 2.36. The molecule has 4 atom stereocenters. The number of ether oxygens (including phenoxy) is 3. The Labute approximate surface area is 72.4 Å². The Kier molecular flexibility index (Phi) is 3.46. The lowest BCUT2D eigenvalue weighted by atomic mass is 10.1. The number of aliphatic hydroxyl groups is 1. The first-order valence-electron chi connectivity index (χ1n) is 4.08. The number of aliphatic hydroxyl groups excluding tert-OH is 1. The minimum Gasteiger partial charge on any atom is -0.379 e. The van der Waals surface area contributed by atoms with Gasteiger partial charge in [0, 0.05) is 20.6 Å². The first-order chi connectivity index (χ1) is 5.69. The Hall–Kier alpha value is -0.160. The maximum absolute atomic E-state index is 9.30. The predicted octanol–water partition coefficient (Wildman–Crippen LogP) is 0.144. The Bertz CT molecular complexity index is 139. The molecule has 1 aliphatic heterocycles. The van der Waals surface area contributed by atoms with Gasteiger partial charge in [0.15, 0.2) is 6.29 Å². The predicted molar refractivity (Wildman–Crippen MR) is 42.8 cm³/mol. The maximum atomic E-state index is 9.30. The van der Waals surface area contributed by atoms with Crippen LogP contribution in [-0.2, 0) is 14.2 Å². The van der Waals surface area contributed by atoms with Crippen LogP contribution in [0.15, 0.2) is 0 Å². The third-order valence-electron chi connectivity index (χ3n) is 2.29. The normalized spacial score (nSPS) is 38.5. The Morgan fingerprint density at radius 3 is 2.58 bits per heavy atom. The van der Waals surface area contributed by atoms with Gasteiger partial charge in [-0.05, 0) is 6.92 Å². The highest BCUT2D eigenvalue weighted by molar-refractivity contribution is 4.80. The highest BCUT2D eigenvalue weighted by Crippen LogP contribution is 2.24. The van der Waals surface area contributed by atoms with Crippen molar-refractivity contribution in [1.82, 2.24) is 0 Å². The van der Waals surface area contributed by atoms with E-state index in [4.69, 9.17) is 14.2 Å². The van der Waals surface area contributed by atoms with Crippen LogP contribution in [0, 0.1) is 0 Å². The molecule has 0 saturated carbocycles. The fourth-order valence-corrected chi connectivity index (χ4v) is 1.33. The third kappa shape index (κ3) is 1.95. The second kappa shape index (κ2) is 4.18. The van der Waals surface area contributed by atoms with Crippen molar-refractivity contribution in [2.45, 2.75) is 37.9 Å². The van der Waals surface area contributed by atoms with Gasteiger partial charge in [-0.25, -0.2) is 0 Å². The van der Waals surface area contributed by atoms with Crippen molar-refractivity contribution in [3.63, 3.8) is 0 Å². The molecule has 72 valence electrons. The number of hydrogen-bond donors (Lipinski definition) is 1. The van der Waals surface area contributed by atoms with Crippen LogP contribution in [0.1, 0.15) is 13.3 Å². The van der Waals surface area contributed by atoms with Crippen molar-refractivity contribution in [3.05, 3.63) is 0 Å². The Morgan fingerprint density at radius 1 is 1.50 bits per heavy atom. The Balaban J connectivity index is 2.42. The molecule has 1 aliphatic rings. The average molecular weight is 176 g/mol. The lowest BCUT2D eigenvalue weighted by Crippen LogP contribution is -2.25. The summed E-state index contributed by atoms with van der Waals surface area (Å²) in [5.41, 5.74) is 0. The van der Waals surface area contributed by atoms with Gasteiger partial charge < -0.3 is 19.3 Å². The van der Waals surface area contributed by atoms with E-state index >= 15 is 0 Å². The third-order valence-corrected chi connectivity index (χ3v) is 2.29. The second-order valence-electron chi connectivity index (χ2n) is 3.02. The molecule has 1 fully saturated rings. The molecule has 0 aromatic heterocycles. The molecule has 0 amide bonds. The van der Waals surface area contributed by atoms with Crippen molar-refractivity contribution in [3.8, 4) is 0 Å². The quantitative estimate of drug-likeness (QED) is 0.664. The molecule has 4 nitrogen and oxygen atoms in total. The summed E-state index contributed by atoms with van der Waals surface area (Å²) >= 11 is 0. The standard InChI is InChI=1S/C8H16O4/c1-5(10-2)6-4-7(11-3)8(9)12-6/h5-9H,4H2,1-3H3/t5-,6-,7+,8?/m1/s1. The van der Waals surface area contributed by atoms with E-state index < -0.39 is 6.29 Å². The van der Waals surface area contributed by atoms with Crippen LogP contribution in [0.3, 0.4) is 0 Å². The molecule has 12 heavy (non-hydrogen) atoms. The first-order valence-corrected chi connectivity index (χ1v) is 4.08. The van der Waals surface area contributed by atoms with Gasteiger partial charge in [0.2, 0.25) is 0 Å². The summed E-state index contributed by atoms with van der Waals surface area (Å²) in [4.78, 5) is 0. The van der Waals surface area contributed by atoms with E-state index in [0.29, 0.717) is 6.42 Å². The molecule has 1 heterocycles. The molecule has 0 aromatic rings. The number of methoxy groups -OCH3 is 2. The van der Waals surface area contributed by atoms with Crippen LogP contribution in [0.25, 0.3) is 0 Å². The maximum Gasteiger partial charge on any atom is 0.181 e. The highest BCUT2D eigenvalue weighted by atomic mass is 16.7. The summed E-state index contributed by atoms with van der Waals surface area (Å²) in [6.07, 6.45) is -0.396. The van der Waals surface area contributed by atoms with E-state index in [-0.39, 0.29) is 18.3 Å². The zero-order valence-corrected chi connectivity index (χ0v) is 7.69. The summed E-state index contributed by atoms with van der Waals surface area (Å²) in [5, 5.41) is 9.30. The van der Waals surface area contributed by atoms with Gasteiger partial charge in [0.05, 0.1) is 12.2 Å². The minimum atomic E-state index is -0.808. The summed E-state index contributed by atoms with van der Waals surface area (Å²) in [7, 11) is 3.19. The van der Waals surface area contributed by atoms with Gasteiger partial charge in [-0.3, -0.25) is 0 Å². The van der Waals surface area contributed by atoms with Crippen molar-refractivity contribution in [2.75, 3.05) is 14.2 Å². The van der Waals surface area contributed by atoms with Gasteiger partial charge in [-0.2, -0.15) is 0 Å². The zero-order chi connectivity index (χ0) is 9.14. The summed E-state index contributed by atoms with van der Waals surface area (Å²) < 4.78 is 15.3. The smallest absolute Gasteiger partial charge is 0.181 e. The van der Waals surface area contributed by atoms with Crippen molar-refractivity contribution in [2.24, 2.45) is 0 Å². The first kappa shape index (κ1) is 9.92. The van der Waals surface area contributed by atoms with Gasteiger partial charge in [-0.1, -0.05) is 0 Å². The Morgan fingerprint density at radius 2 is 2.17 bits per heavy atom. The second-order valence-corrected chi connectivity index (χ2v) is 3.02. The van der Waals surface area contributed by atoms with Gasteiger partial charge in [-0.15, -0.1) is 0 Å². The lowest BCUT2D eigenvalue weighted by Gasteiger charge is -2.16. The van der Waals surface area contributed by atoms with E-state index in [0.717, 1.165) is 0 Å². The molecule has 0 spiro atoms. The molecule has 1 rings (SSSR count). The van der Waals surface area contributed by atoms with Crippen LogP contribution in [0.2, 0.25) is 0 Å². The van der Waals surface area contributed by atoms with Gasteiger partial charge in [0.25, 0.3) is 0 Å². The van der Waals surface area contributed by atoms with Crippen LogP contribution in [-0.4, -0.2) is 43.9 Å². The van der Waals surface area contributed by atoms with Crippen molar-refractivity contribution >= 4 is 0 Å². The fourth-order valence-electron chi connectivity index (χ4n) is 1.33. The van der Waals surface area contributed by atoms with E-state index in [2.05, 4.69) is 0 Å². The number of hydrogen-bond acceptors (Lipinski definition) is 4.